The van der Waals surface area contributed by atoms with E-state index in [1.54, 1.807) is 12.3 Å². The number of ketones is 2. The standard InChI is InChI=1S/C16H10N2O2/c19-12-5-6-13(20)16-11(12)8-10-4-3-9-2-1-7-17-14(9)15(10)18-16/h1-2,5-8H,3-4H2. The Morgan fingerprint density at radius 2 is 1.70 bits per heavy atom. The molecule has 0 atom stereocenters. The van der Waals surface area contributed by atoms with Gasteiger partial charge in [0.05, 0.1) is 17.0 Å². The predicted octanol–water partition coefficient (Wildman–Crippen LogP) is 2.18. The Kier molecular flexibility index (Phi) is 2.21. The molecular weight excluding hydrogens is 252 g/mol. The van der Waals surface area contributed by atoms with Gasteiger partial charge in [-0.2, -0.15) is 0 Å². The van der Waals surface area contributed by atoms with Gasteiger partial charge in [0, 0.05) is 6.20 Å². The van der Waals surface area contributed by atoms with Crippen LogP contribution in [0.25, 0.3) is 11.4 Å². The van der Waals surface area contributed by atoms with E-state index in [1.807, 2.05) is 12.1 Å². The number of fused-ring (bicyclic) bond motifs is 4. The zero-order valence-electron chi connectivity index (χ0n) is 10.6. The van der Waals surface area contributed by atoms with Gasteiger partial charge in [-0.15, -0.1) is 0 Å². The lowest BCUT2D eigenvalue weighted by molar-refractivity contribution is 0.0990. The van der Waals surface area contributed by atoms with Crippen molar-refractivity contribution in [3.63, 3.8) is 0 Å². The van der Waals surface area contributed by atoms with Gasteiger partial charge in [-0.1, -0.05) is 6.07 Å². The molecule has 2 aromatic heterocycles. The van der Waals surface area contributed by atoms with E-state index in [0.29, 0.717) is 5.56 Å². The zero-order chi connectivity index (χ0) is 13.7. The molecule has 20 heavy (non-hydrogen) atoms. The van der Waals surface area contributed by atoms with E-state index in [-0.39, 0.29) is 17.3 Å². The molecule has 2 aliphatic carbocycles. The number of hydrogen-bond acceptors (Lipinski definition) is 4. The SMILES string of the molecule is O=C1C=CC(=O)c2nc3c(cc21)CCc1cccnc1-3. The fourth-order valence-corrected chi connectivity index (χ4v) is 2.77. The highest BCUT2D eigenvalue weighted by molar-refractivity contribution is 6.21. The lowest BCUT2D eigenvalue weighted by Crippen LogP contribution is -2.18. The van der Waals surface area contributed by atoms with Crippen molar-refractivity contribution in [2.75, 3.05) is 0 Å². The number of allylic oxidation sites excluding steroid dienone is 2. The van der Waals surface area contributed by atoms with Gasteiger partial charge in [-0.05, 0) is 48.3 Å². The number of nitrogens with zero attached hydrogens (tertiary/aromatic N) is 2. The van der Waals surface area contributed by atoms with Crippen molar-refractivity contribution in [1.29, 1.82) is 0 Å². The van der Waals surface area contributed by atoms with Gasteiger partial charge >= 0.3 is 0 Å². The number of pyridine rings is 2. The Hall–Kier alpha value is -2.62. The first kappa shape index (κ1) is 11.2. The van der Waals surface area contributed by atoms with E-state index in [0.717, 1.165) is 35.4 Å². The van der Waals surface area contributed by atoms with Crippen LogP contribution in [0.3, 0.4) is 0 Å². The summed E-state index contributed by atoms with van der Waals surface area (Å²) in [4.78, 5) is 32.6. The third-order valence-electron chi connectivity index (χ3n) is 3.77. The summed E-state index contributed by atoms with van der Waals surface area (Å²) in [5, 5.41) is 0. The van der Waals surface area contributed by atoms with Gasteiger partial charge in [0.2, 0.25) is 5.78 Å². The highest BCUT2D eigenvalue weighted by Crippen LogP contribution is 2.32. The molecule has 0 aliphatic heterocycles. The average molecular weight is 262 g/mol. The number of rotatable bonds is 0. The first-order valence-corrected chi connectivity index (χ1v) is 6.49. The minimum absolute atomic E-state index is 0.151. The fourth-order valence-electron chi connectivity index (χ4n) is 2.77. The van der Waals surface area contributed by atoms with Crippen LogP contribution in [0.4, 0.5) is 0 Å². The molecule has 2 aromatic rings. The Morgan fingerprint density at radius 3 is 2.60 bits per heavy atom. The smallest absolute Gasteiger partial charge is 0.205 e. The first-order chi connectivity index (χ1) is 9.74. The van der Waals surface area contributed by atoms with Gasteiger partial charge in [-0.3, -0.25) is 14.6 Å². The van der Waals surface area contributed by atoms with Crippen LogP contribution in [0, 0.1) is 0 Å². The summed E-state index contributed by atoms with van der Waals surface area (Å²) < 4.78 is 0. The third kappa shape index (κ3) is 1.48. The topological polar surface area (TPSA) is 59.9 Å². The van der Waals surface area contributed by atoms with Crippen LogP contribution in [0.5, 0.6) is 0 Å². The van der Waals surface area contributed by atoms with Crippen molar-refractivity contribution < 1.29 is 9.59 Å². The molecule has 0 radical (unpaired) electrons. The molecule has 4 nitrogen and oxygen atoms in total. The van der Waals surface area contributed by atoms with E-state index in [4.69, 9.17) is 0 Å². The molecule has 2 heterocycles. The fraction of sp³-hybridized carbons (Fsp3) is 0.125. The summed E-state index contributed by atoms with van der Waals surface area (Å²) in [5.41, 5.74) is 4.35. The number of hydrogen-bond donors (Lipinski definition) is 0. The summed E-state index contributed by atoms with van der Waals surface area (Å²) in [6, 6.07) is 5.73. The number of aryl methyl sites for hydroxylation is 2. The molecule has 0 saturated heterocycles. The molecule has 4 heteroatoms. The molecule has 0 spiro atoms. The van der Waals surface area contributed by atoms with Crippen molar-refractivity contribution in [3.05, 3.63) is 58.9 Å². The van der Waals surface area contributed by atoms with Crippen LogP contribution < -0.4 is 0 Å². The lowest BCUT2D eigenvalue weighted by Gasteiger charge is -2.20. The maximum atomic E-state index is 11.9. The minimum Gasteiger partial charge on any atom is -0.289 e. The zero-order valence-corrected chi connectivity index (χ0v) is 10.6. The van der Waals surface area contributed by atoms with Gasteiger partial charge in [-0.25, -0.2) is 4.98 Å². The van der Waals surface area contributed by atoms with E-state index < -0.39 is 0 Å². The van der Waals surface area contributed by atoms with E-state index >= 15 is 0 Å². The number of carbonyl (C=O) groups excluding carboxylic acids is 2. The van der Waals surface area contributed by atoms with Gasteiger partial charge < -0.3 is 0 Å². The van der Waals surface area contributed by atoms with Crippen LogP contribution in [0.2, 0.25) is 0 Å². The highest BCUT2D eigenvalue weighted by atomic mass is 16.1. The Bertz CT molecular complexity index is 806. The number of carbonyl (C=O) groups is 2. The number of aromatic nitrogens is 2. The molecule has 96 valence electrons. The Balaban J connectivity index is 2.00. The molecule has 0 fully saturated rings. The molecular formula is C16H10N2O2. The highest BCUT2D eigenvalue weighted by Gasteiger charge is 2.26. The molecule has 4 rings (SSSR count). The van der Waals surface area contributed by atoms with E-state index in [9.17, 15) is 9.59 Å². The third-order valence-corrected chi connectivity index (χ3v) is 3.77. The van der Waals surface area contributed by atoms with Crippen molar-refractivity contribution >= 4 is 11.6 Å². The van der Waals surface area contributed by atoms with Crippen LogP contribution in [-0.4, -0.2) is 21.5 Å². The molecule has 2 aliphatic rings. The maximum Gasteiger partial charge on any atom is 0.205 e. The average Bonchev–Trinajstić information content (AvgIpc) is 2.50. The second kappa shape index (κ2) is 3.93. The van der Waals surface area contributed by atoms with Gasteiger partial charge in [0.25, 0.3) is 0 Å². The Labute approximate surface area is 115 Å². The summed E-state index contributed by atoms with van der Waals surface area (Å²) in [6.07, 6.45) is 6.02. The van der Waals surface area contributed by atoms with E-state index in [1.165, 1.54) is 12.2 Å². The van der Waals surface area contributed by atoms with Crippen molar-refractivity contribution in [1.82, 2.24) is 9.97 Å². The largest absolute Gasteiger partial charge is 0.289 e. The summed E-state index contributed by atoms with van der Waals surface area (Å²) in [7, 11) is 0. The van der Waals surface area contributed by atoms with Crippen molar-refractivity contribution in [3.8, 4) is 11.4 Å². The van der Waals surface area contributed by atoms with Crippen molar-refractivity contribution in [2.24, 2.45) is 0 Å². The monoisotopic (exact) mass is 262 g/mol. The van der Waals surface area contributed by atoms with E-state index in [2.05, 4.69) is 9.97 Å². The van der Waals surface area contributed by atoms with Crippen LogP contribution >= 0.6 is 0 Å². The second-order valence-electron chi connectivity index (χ2n) is 4.97. The minimum atomic E-state index is -0.217. The molecule has 0 N–H and O–H groups in total. The Morgan fingerprint density at radius 1 is 0.900 bits per heavy atom. The quantitative estimate of drug-likeness (QED) is 0.730. The van der Waals surface area contributed by atoms with Crippen LogP contribution in [-0.2, 0) is 12.8 Å². The summed E-state index contributed by atoms with van der Waals surface area (Å²) in [6.45, 7) is 0. The lowest BCUT2D eigenvalue weighted by atomic mass is 9.89. The molecule has 0 amide bonds. The summed E-state index contributed by atoms with van der Waals surface area (Å²) in [5.74, 6) is -0.368. The molecule has 0 unspecified atom stereocenters. The summed E-state index contributed by atoms with van der Waals surface area (Å²) >= 11 is 0. The predicted molar refractivity (Wildman–Crippen MR) is 72.7 cm³/mol. The van der Waals surface area contributed by atoms with Crippen LogP contribution in [0.15, 0.2) is 36.5 Å². The molecule has 0 aromatic carbocycles. The van der Waals surface area contributed by atoms with Crippen LogP contribution in [0.1, 0.15) is 32.0 Å². The molecule has 0 bridgehead atoms. The van der Waals surface area contributed by atoms with Gasteiger partial charge in [0.1, 0.15) is 5.69 Å². The normalized spacial score (nSPS) is 15.6. The first-order valence-electron chi connectivity index (χ1n) is 6.49. The maximum absolute atomic E-state index is 11.9. The van der Waals surface area contributed by atoms with Gasteiger partial charge in [0.15, 0.2) is 5.78 Å². The second-order valence-corrected chi connectivity index (χ2v) is 4.97. The molecule has 0 saturated carbocycles. The van der Waals surface area contributed by atoms with Crippen molar-refractivity contribution in [2.45, 2.75) is 12.8 Å².